The lowest BCUT2D eigenvalue weighted by atomic mass is 10.1. The number of rotatable bonds is 13. The van der Waals surface area contributed by atoms with Crippen LogP contribution in [-0.4, -0.2) is 58.3 Å². The summed E-state index contributed by atoms with van der Waals surface area (Å²) in [6.45, 7) is 0.268. The quantitative estimate of drug-likeness (QED) is 0.173. The minimum absolute atomic E-state index is 0.138. The minimum Gasteiger partial charge on any atom is -0.481 e. The van der Waals surface area contributed by atoms with E-state index in [0.29, 0.717) is 18.1 Å². The highest BCUT2D eigenvalue weighted by Crippen LogP contribution is 2.39. The molecule has 0 aromatic carbocycles. The van der Waals surface area contributed by atoms with Crippen LogP contribution in [-0.2, 0) is 14.4 Å². The summed E-state index contributed by atoms with van der Waals surface area (Å²) >= 11 is 4.12. The Morgan fingerprint density at radius 3 is 2.69 bits per heavy atom. The van der Waals surface area contributed by atoms with Gasteiger partial charge in [0.15, 0.2) is 0 Å². The van der Waals surface area contributed by atoms with Gasteiger partial charge in [-0.3, -0.25) is 14.4 Å². The zero-order valence-corrected chi connectivity index (χ0v) is 17.3. The van der Waals surface area contributed by atoms with Gasteiger partial charge in [-0.25, -0.2) is 0 Å². The van der Waals surface area contributed by atoms with Gasteiger partial charge in [0.1, 0.15) is 6.04 Å². The van der Waals surface area contributed by atoms with Crippen molar-refractivity contribution in [2.24, 2.45) is 5.73 Å². The van der Waals surface area contributed by atoms with Crippen LogP contribution in [0.1, 0.15) is 44.9 Å². The second-order valence-corrected chi connectivity index (χ2v) is 9.47. The van der Waals surface area contributed by atoms with Crippen molar-refractivity contribution in [2.45, 2.75) is 62.3 Å². The SMILES string of the molecule is NC(CCNC(=O)C(CS)NC(=O)CCCCC1CCSS1)CC(=O)O. The molecule has 0 bridgehead atoms. The summed E-state index contributed by atoms with van der Waals surface area (Å²) in [5.74, 6) is -0.00939. The summed E-state index contributed by atoms with van der Waals surface area (Å²) < 4.78 is 0. The van der Waals surface area contributed by atoms with Crippen molar-refractivity contribution < 1.29 is 19.5 Å². The van der Waals surface area contributed by atoms with E-state index in [0.717, 1.165) is 19.3 Å². The van der Waals surface area contributed by atoms with Crippen molar-refractivity contribution in [1.82, 2.24) is 10.6 Å². The largest absolute Gasteiger partial charge is 0.481 e. The monoisotopic (exact) mass is 423 g/mol. The number of amides is 2. The van der Waals surface area contributed by atoms with Crippen molar-refractivity contribution in [2.75, 3.05) is 18.1 Å². The number of unbranched alkanes of at least 4 members (excludes halogenated alkanes) is 1. The topological polar surface area (TPSA) is 122 Å². The lowest BCUT2D eigenvalue weighted by Crippen LogP contribution is -2.48. The van der Waals surface area contributed by atoms with Gasteiger partial charge in [0.25, 0.3) is 0 Å². The number of carbonyl (C=O) groups is 3. The standard InChI is InChI=1S/C16H29N3O4S3/c17-11(9-15(21)22)5-7-18-16(23)13(10-24)19-14(20)4-2-1-3-12-6-8-25-26-12/h11-13,24H,1-10,17H2,(H,18,23)(H,19,20)(H,21,22). The Hall–Kier alpha value is -0.580. The van der Waals surface area contributed by atoms with E-state index in [-0.39, 0.29) is 30.5 Å². The van der Waals surface area contributed by atoms with Gasteiger partial charge < -0.3 is 21.5 Å². The maximum absolute atomic E-state index is 12.1. The number of nitrogens with two attached hydrogens (primary N) is 1. The van der Waals surface area contributed by atoms with E-state index in [1.54, 1.807) is 0 Å². The van der Waals surface area contributed by atoms with Gasteiger partial charge in [0, 0.05) is 35.8 Å². The first kappa shape index (κ1) is 23.5. The number of hydrogen-bond donors (Lipinski definition) is 5. The molecular weight excluding hydrogens is 394 g/mol. The fourth-order valence-corrected chi connectivity index (χ4v) is 5.80. The molecule has 5 N–H and O–H groups in total. The van der Waals surface area contributed by atoms with E-state index in [1.807, 2.05) is 21.6 Å². The van der Waals surface area contributed by atoms with E-state index in [2.05, 4.69) is 23.3 Å². The molecule has 7 nitrogen and oxygen atoms in total. The van der Waals surface area contributed by atoms with Crippen LogP contribution in [0, 0.1) is 0 Å². The number of carboxylic acids is 1. The van der Waals surface area contributed by atoms with Gasteiger partial charge in [-0.2, -0.15) is 12.6 Å². The van der Waals surface area contributed by atoms with Gasteiger partial charge in [-0.1, -0.05) is 28.0 Å². The summed E-state index contributed by atoms with van der Waals surface area (Å²) in [6.07, 6.45) is 4.86. The zero-order valence-electron chi connectivity index (χ0n) is 14.8. The average Bonchev–Trinajstić information content (AvgIpc) is 3.09. The fourth-order valence-electron chi connectivity index (χ4n) is 2.51. The summed E-state index contributed by atoms with van der Waals surface area (Å²) in [5, 5.41) is 14.7. The molecule has 0 radical (unpaired) electrons. The molecule has 0 aliphatic carbocycles. The second kappa shape index (κ2) is 13.6. The second-order valence-electron chi connectivity index (χ2n) is 6.31. The smallest absolute Gasteiger partial charge is 0.304 e. The molecule has 0 spiro atoms. The minimum atomic E-state index is -0.963. The zero-order chi connectivity index (χ0) is 19.4. The third-order valence-corrected chi connectivity index (χ3v) is 7.36. The lowest BCUT2D eigenvalue weighted by molar-refractivity contribution is -0.137. The van der Waals surface area contributed by atoms with E-state index < -0.39 is 18.1 Å². The predicted molar refractivity (Wildman–Crippen MR) is 111 cm³/mol. The van der Waals surface area contributed by atoms with E-state index >= 15 is 0 Å². The molecule has 1 saturated heterocycles. The van der Waals surface area contributed by atoms with Crippen molar-refractivity contribution in [1.29, 1.82) is 0 Å². The lowest BCUT2D eigenvalue weighted by Gasteiger charge is -2.17. The highest BCUT2D eigenvalue weighted by Gasteiger charge is 2.20. The summed E-state index contributed by atoms with van der Waals surface area (Å²) in [6, 6.07) is -1.20. The highest BCUT2D eigenvalue weighted by atomic mass is 33.1. The third kappa shape index (κ3) is 10.5. The van der Waals surface area contributed by atoms with Gasteiger partial charge in [-0.15, -0.1) is 0 Å². The first-order valence-electron chi connectivity index (χ1n) is 8.86. The van der Waals surface area contributed by atoms with Gasteiger partial charge in [0.2, 0.25) is 11.8 Å². The molecule has 1 aliphatic rings. The molecule has 1 rings (SSSR count). The summed E-state index contributed by atoms with van der Waals surface area (Å²) in [4.78, 5) is 34.6. The molecule has 3 atom stereocenters. The molecule has 3 unspecified atom stereocenters. The van der Waals surface area contributed by atoms with Crippen LogP contribution in [0.5, 0.6) is 0 Å². The summed E-state index contributed by atoms with van der Waals surface area (Å²) in [7, 11) is 3.86. The predicted octanol–water partition coefficient (Wildman–Crippen LogP) is 1.42. The average molecular weight is 424 g/mol. The van der Waals surface area contributed by atoms with Gasteiger partial charge in [0.05, 0.1) is 6.42 Å². The number of hydrogen-bond acceptors (Lipinski definition) is 7. The molecule has 1 heterocycles. The fraction of sp³-hybridized carbons (Fsp3) is 0.812. The highest BCUT2D eigenvalue weighted by molar-refractivity contribution is 8.77. The van der Waals surface area contributed by atoms with Gasteiger partial charge in [-0.05, 0) is 25.7 Å². The number of aliphatic carboxylic acids is 1. The van der Waals surface area contributed by atoms with Crippen LogP contribution in [0.4, 0.5) is 0 Å². The Morgan fingerprint density at radius 2 is 2.08 bits per heavy atom. The Balaban J connectivity index is 2.16. The van der Waals surface area contributed by atoms with Crippen LogP contribution >= 0.6 is 34.2 Å². The number of nitrogens with one attached hydrogen (secondary N) is 2. The number of carboxylic acid groups (broad SMARTS) is 1. The number of thiol groups is 1. The van der Waals surface area contributed by atoms with Crippen molar-refractivity contribution in [3.63, 3.8) is 0 Å². The normalized spacial score (nSPS) is 18.9. The molecule has 10 heteroatoms. The van der Waals surface area contributed by atoms with Crippen LogP contribution in [0.25, 0.3) is 0 Å². The van der Waals surface area contributed by atoms with E-state index in [9.17, 15) is 14.4 Å². The van der Waals surface area contributed by atoms with E-state index in [1.165, 1.54) is 12.2 Å². The maximum atomic E-state index is 12.1. The molecule has 0 saturated carbocycles. The van der Waals surface area contributed by atoms with E-state index in [4.69, 9.17) is 10.8 Å². The van der Waals surface area contributed by atoms with Crippen molar-refractivity contribution in [3.8, 4) is 0 Å². The Morgan fingerprint density at radius 1 is 1.31 bits per heavy atom. The molecular formula is C16H29N3O4S3. The first-order chi connectivity index (χ1) is 12.4. The third-order valence-electron chi connectivity index (χ3n) is 3.99. The van der Waals surface area contributed by atoms with Crippen LogP contribution in [0.3, 0.4) is 0 Å². The van der Waals surface area contributed by atoms with Crippen molar-refractivity contribution in [3.05, 3.63) is 0 Å². The number of carbonyl (C=O) groups excluding carboxylic acids is 2. The van der Waals surface area contributed by atoms with Crippen LogP contribution in [0.2, 0.25) is 0 Å². The Kier molecular flexibility index (Phi) is 12.2. The molecule has 0 aromatic rings. The summed E-state index contributed by atoms with van der Waals surface area (Å²) in [5.41, 5.74) is 5.64. The van der Waals surface area contributed by atoms with Crippen LogP contribution < -0.4 is 16.4 Å². The molecule has 1 aliphatic heterocycles. The van der Waals surface area contributed by atoms with Crippen molar-refractivity contribution >= 4 is 52.0 Å². The maximum Gasteiger partial charge on any atom is 0.304 e. The first-order valence-corrected chi connectivity index (χ1v) is 11.9. The molecule has 2 amide bonds. The van der Waals surface area contributed by atoms with Gasteiger partial charge >= 0.3 is 5.97 Å². The molecule has 0 aromatic heterocycles. The molecule has 26 heavy (non-hydrogen) atoms. The molecule has 150 valence electrons. The molecule has 1 fully saturated rings. The van der Waals surface area contributed by atoms with Crippen LogP contribution in [0.15, 0.2) is 0 Å². The Labute approximate surface area is 168 Å². The Bertz CT molecular complexity index is 462.